The summed E-state index contributed by atoms with van der Waals surface area (Å²) in [4.78, 5) is 0.0116. The average molecular weight is 274 g/mol. The quantitative estimate of drug-likeness (QED) is 0.737. The maximum atomic E-state index is 11.6. The molecule has 2 nitrogen and oxygen atoms in total. The summed E-state index contributed by atoms with van der Waals surface area (Å²) in [5.41, 5.74) is 0.792. The molecule has 0 spiro atoms. The first kappa shape index (κ1) is 12.1. The van der Waals surface area contributed by atoms with Gasteiger partial charge in [0.1, 0.15) is 0 Å². The van der Waals surface area contributed by atoms with Crippen molar-refractivity contribution in [2.75, 3.05) is 0 Å². The largest absolute Gasteiger partial charge is 0.296 e. The number of sulfone groups is 1. The highest BCUT2D eigenvalue weighted by Gasteiger charge is 2.39. The standard InChI is InChI=1S/C8H7Cl3O2S/c1-6-3-2-4-7(5-6)14(12,13)8(9,10)11/h2-5H,1H3. The van der Waals surface area contributed by atoms with Gasteiger partial charge in [0.05, 0.1) is 4.90 Å². The minimum absolute atomic E-state index is 0.0116. The van der Waals surface area contributed by atoms with Gasteiger partial charge in [0.15, 0.2) is 0 Å². The molecule has 0 fully saturated rings. The molecular formula is C8H7Cl3O2S. The molecule has 0 bridgehead atoms. The molecule has 0 saturated heterocycles. The second kappa shape index (κ2) is 3.89. The molecule has 0 radical (unpaired) electrons. The lowest BCUT2D eigenvalue weighted by Crippen LogP contribution is -2.19. The monoisotopic (exact) mass is 272 g/mol. The second-order valence-electron chi connectivity index (χ2n) is 2.77. The molecule has 0 unspecified atom stereocenters. The Kier molecular flexibility index (Phi) is 3.37. The van der Waals surface area contributed by atoms with Crippen molar-refractivity contribution in [3.63, 3.8) is 0 Å². The van der Waals surface area contributed by atoms with Crippen LogP contribution in [0.2, 0.25) is 0 Å². The van der Waals surface area contributed by atoms with Crippen molar-refractivity contribution in [1.82, 2.24) is 0 Å². The van der Waals surface area contributed by atoms with E-state index >= 15 is 0 Å². The van der Waals surface area contributed by atoms with Crippen molar-refractivity contribution < 1.29 is 8.42 Å². The molecule has 14 heavy (non-hydrogen) atoms. The molecular weight excluding hydrogens is 267 g/mol. The Labute approximate surface area is 97.7 Å². The fraction of sp³-hybridized carbons (Fsp3) is 0.250. The molecule has 0 aromatic heterocycles. The van der Waals surface area contributed by atoms with E-state index in [9.17, 15) is 8.42 Å². The lowest BCUT2D eigenvalue weighted by molar-refractivity contribution is 0.596. The number of benzene rings is 1. The minimum atomic E-state index is -3.90. The molecule has 1 aromatic carbocycles. The number of alkyl halides is 3. The summed E-state index contributed by atoms with van der Waals surface area (Å²) in [7, 11) is -3.90. The Balaban J connectivity index is 3.32. The molecule has 78 valence electrons. The van der Waals surface area contributed by atoms with Crippen LogP contribution in [0.15, 0.2) is 29.2 Å². The number of aryl methyl sites for hydroxylation is 1. The van der Waals surface area contributed by atoms with Crippen molar-refractivity contribution in [2.45, 2.75) is 14.9 Å². The number of rotatable bonds is 1. The fourth-order valence-electron chi connectivity index (χ4n) is 0.916. The molecule has 0 N–H and O–H groups in total. The zero-order chi connectivity index (χ0) is 11.0. The van der Waals surface area contributed by atoms with Crippen LogP contribution in [0.4, 0.5) is 0 Å². The maximum absolute atomic E-state index is 11.6. The molecule has 0 atom stereocenters. The van der Waals surface area contributed by atoms with Crippen LogP contribution in [-0.2, 0) is 9.84 Å². The molecule has 1 aromatic rings. The third kappa shape index (κ3) is 2.34. The van der Waals surface area contributed by atoms with E-state index in [1.165, 1.54) is 12.1 Å². The van der Waals surface area contributed by atoms with Gasteiger partial charge in [-0.05, 0) is 24.6 Å². The first-order valence-corrected chi connectivity index (χ1v) is 6.25. The molecule has 6 heteroatoms. The maximum Gasteiger partial charge on any atom is 0.296 e. The van der Waals surface area contributed by atoms with Crippen LogP contribution >= 0.6 is 34.8 Å². The summed E-state index contributed by atoms with van der Waals surface area (Å²) in [5, 5.41) is 0. The lowest BCUT2D eigenvalue weighted by atomic mass is 10.2. The molecule has 0 aliphatic carbocycles. The molecule has 0 saturated carbocycles. The van der Waals surface area contributed by atoms with Gasteiger partial charge in [-0.3, -0.25) is 0 Å². The Morgan fingerprint density at radius 2 is 1.79 bits per heavy atom. The number of hydrogen-bond donors (Lipinski definition) is 0. The minimum Gasteiger partial charge on any atom is -0.219 e. The summed E-state index contributed by atoms with van der Waals surface area (Å²) in [6, 6.07) is 6.21. The molecule has 0 aliphatic heterocycles. The molecule has 1 rings (SSSR count). The zero-order valence-corrected chi connectivity index (χ0v) is 10.3. The third-order valence-electron chi connectivity index (χ3n) is 1.60. The summed E-state index contributed by atoms with van der Waals surface area (Å²) in [6.45, 7) is 1.76. The van der Waals surface area contributed by atoms with E-state index < -0.39 is 13.0 Å². The van der Waals surface area contributed by atoms with Crippen LogP contribution in [0.5, 0.6) is 0 Å². The normalized spacial score (nSPS) is 12.9. The van der Waals surface area contributed by atoms with Gasteiger partial charge < -0.3 is 0 Å². The lowest BCUT2D eigenvalue weighted by Gasteiger charge is -2.12. The predicted octanol–water partition coefficient (Wildman–Crippen LogP) is 3.10. The molecule has 0 heterocycles. The van der Waals surface area contributed by atoms with E-state index in [1.54, 1.807) is 19.1 Å². The van der Waals surface area contributed by atoms with Crippen molar-refractivity contribution in [3.8, 4) is 0 Å². The Bertz CT molecular complexity index is 434. The smallest absolute Gasteiger partial charge is 0.219 e. The SMILES string of the molecule is Cc1cccc(S(=O)(=O)C(Cl)(Cl)Cl)c1. The van der Waals surface area contributed by atoms with Gasteiger partial charge in [0, 0.05) is 0 Å². The predicted molar refractivity (Wildman–Crippen MR) is 58.7 cm³/mol. The Morgan fingerprint density at radius 3 is 2.21 bits per heavy atom. The van der Waals surface area contributed by atoms with Crippen LogP contribution in [0.25, 0.3) is 0 Å². The van der Waals surface area contributed by atoms with Gasteiger partial charge in [-0.1, -0.05) is 46.9 Å². The highest BCUT2D eigenvalue weighted by Crippen LogP contribution is 2.37. The Hall–Kier alpha value is 0.0400. The van der Waals surface area contributed by atoms with Gasteiger partial charge in [-0.2, -0.15) is 0 Å². The van der Waals surface area contributed by atoms with Crippen molar-refractivity contribution in [2.24, 2.45) is 0 Å². The molecule has 0 aliphatic rings. The third-order valence-corrected chi connectivity index (χ3v) is 4.92. The van der Waals surface area contributed by atoms with E-state index in [2.05, 4.69) is 0 Å². The number of halogens is 3. The van der Waals surface area contributed by atoms with E-state index in [1.807, 2.05) is 0 Å². The average Bonchev–Trinajstić information content (AvgIpc) is 2.02. The van der Waals surface area contributed by atoms with Gasteiger partial charge in [-0.25, -0.2) is 8.42 Å². The highest BCUT2D eigenvalue weighted by molar-refractivity contribution is 7.97. The first-order valence-electron chi connectivity index (χ1n) is 3.63. The van der Waals surface area contributed by atoms with Crippen LogP contribution < -0.4 is 0 Å². The van der Waals surface area contributed by atoms with E-state index in [0.717, 1.165) is 5.56 Å². The van der Waals surface area contributed by atoms with E-state index in [4.69, 9.17) is 34.8 Å². The van der Waals surface area contributed by atoms with Crippen LogP contribution in [0, 0.1) is 6.92 Å². The molecule has 0 amide bonds. The second-order valence-corrected chi connectivity index (χ2v) is 7.81. The summed E-state index contributed by atoms with van der Waals surface area (Å²) >= 11 is 16.1. The van der Waals surface area contributed by atoms with Crippen LogP contribution in [0.3, 0.4) is 0 Å². The number of hydrogen-bond acceptors (Lipinski definition) is 2. The van der Waals surface area contributed by atoms with Gasteiger partial charge in [0.25, 0.3) is 3.12 Å². The summed E-state index contributed by atoms with van der Waals surface area (Å²) in [6.07, 6.45) is 0. The van der Waals surface area contributed by atoms with Crippen molar-refractivity contribution in [1.29, 1.82) is 0 Å². The van der Waals surface area contributed by atoms with Gasteiger partial charge >= 0.3 is 0 Å². The Morgan fingerprint density at radius 1 is 1.21 bits per heavy atom. The van der Waals surface area contributed by atoms with Crippen LogP contribution in [-0.4, -0.2) is 11.5 Å². The van der Waals surface area contributed by atoms with Crippen molar-refractivity contribution in [3.05, 3.63) is 29.8 Å². The van der Waals surface area contributed by atoms with E-state index in [-0.39, 0.29) is 4.90 Å². The van der Waals surface area contributed by atoms with Gasteiger partial charge in [0.2, 0.25) is 9.84 Å². The van der Waals surface area contributed by atoms with Crippen molar-refractivity contribution >= 4 is 44.6 Å². The zero-order valence-electron chi connectivity index (χ0n) is 7.17. The highest BCUT2D eigenvalue weighted by atomic mass is 35.6. The summed E-state index contributed by atoms with van der Waals surface area (Å²) in [5.74, 6) is 0. The summed E-state index contributed by atoms with van der Waals surface area (Å²) < 4.78 is 20.9. The topological polar surface area (TPSA) is 34.1 Å². The fourth-order valence-corrected chi connectivity index (χ4v) is 2.58. The first-order chi connectivity index (χ1) is 6.25. The van der Waals surface area contributed by atoms with Gasteiger partial charge in [-0.15, -0.1) is 0 Å². The van der Waals surface area contributed by atoms with Crippen LogP contribution in [0.1, 0.15) is 5.56 Å². The van der Waals surface area contributed by atoms with E-state index in [0.29, 0.717) is 0 Å².